The SMILES string of the molecule is [O]CCCCC1COCCO1. The zero-order chi connectivity index (χ0) is 7.94. The Bertz CT molecular complexity index is 89.3. The molecule has 0 saturated carbocycles. The Labute approximate surface area is 67.3 Å². The molecule has 0 bridgehead atoms. The molecule has 0 aromatic heterocycles. The highest BCUT2D eigenvalue weighted by molar-refractivity contribution is 4.60. The van der Waals surface area contributed by atoms with Crippen LogP contribution in [0.15, 0.2) is 0 Å². The molecule has 1 aliphatic rings. The van der Waals surface area contributed by atoms with Crippen LogP contribution in [0.4, 0.5) is 0 Å². The van der Waals surface area contributed by atoms with Gasteiger partial charge in [-0.15, -0.1) is 0 Å². The van der Waals surface area contributed by atoms with Gasteiger partial charge in [-0.3, -0.25) is 0 Å². The number of hydrogen-bond acceptors (Lipinski definition) is 2. The van der Waals surface area contributed by atoms with Crippen molar-refractivity contribution in [3.63, 3.8) is 0 Å². The largest absolute Gasteiger partial charge is 0.376 e. The molecule has 1 unspecified atom stereocenters. The first-order valence-electron chi connectivity index (χ1n) is 4.21. The quantitative estimate of drug-likeness (QED) is 0.574. The second kappa shape index (κ2) is 5.52. The number of unbranched alkanes of at least 4 members (excludes halogenated alkanes) is 1. The number of rotatable bonds is 4. The summed E-state index contributed by atoms with van der Waals surface area (Å²) in [4.78, 5) is 0. The topological polar surface area (TPSA) is 38.4 Å². The standard InChI is InChI=1S/C8H15O3/c9-4-2-1-3-8-7-10-5-6-11-8/h8H,1-7H2. The van der Waals surface area contributed by atoms with E-state index in [1.807, 2.05) is 0 Å². The first-order chi connectivity index (χ1) is 5.43. The summed E-state index contributed by atoms with van der Waals surface area (Å²) < 4.78 is 10.6. The van der Waals surface area contributed by atoms with E-state index in [1.165, 1.54) is 0 Å². The lowest BCUT2D eigenvalue weighted by Gasteiger charge is -2.22. The average Bonchev–Trinajstić information content (AvgIpc) is 2.07. The zero-order valence-corrected chi connectivity index (χ0v) is 6.75. The summed E-state index contributed by atoms with van der Waals surface area (Å²) in [6.07, 6.45) is 2.95. The highest BCUT2D eigenvalue weighted by Crippen LogP contribution is 2.08. The maximum absolute atomic E-state index is 10.1. The van der Waals surface area contributed by atoms with Gasteiger partial charge in [-0.1, -0.05) is 0 Å². The molecule has 0 spiro atoms. The fourth-order valence-electron chi connectivity index (χ4n) is 1.18. The molecule has 1 fully saturated rings. The molecule has 0 N–H and O–H groups in total. The van der Waals surface area contributed by atoms with Crippen LogP contribution in [0.1, 0.15) is 19.3 Å². The van der Waals surface area contributed by atoms with Crippen LogP contribution in [0, 0.1) is 0 Å². The van der Waals surface area contributed by atoms with Crippen molar-refractivity contribution in [2.75, 3.05) is 26.4 Å². The zero-order valence-electron chi connectivity index (χ0n) is 6.75. The summed E-state index contributed by atoms with van der Waals surface area (Å²) in [7, 11) is 0. The molecule has 1 rings (SSSR count). The van der Waals surface area contributed by atoms with E-state index in [2.05, 4.69) is 0 Å². The van der Waals surface area contributed by atoms with Crippen molar-refractivity contribution in [2.24, 2.45) is 0 Å². The summed E-state index contributed by atoms with van der Waals surface area (Å²) in [5.74, 6) is 0. The molecule has 0 aromatic carbocycles. The van der Waals surface area contributed by atoms with E-state index in [0.29, 0.717) is 13.2 Å². The van der Waals surface area contributed by atoms with Crippen LogP contribution in [0.3, 0.4) is 0 Å². The van der Waals surface area contributed by atoms with Crippen LogP contribution >= 0.6 is 0 Å². The second-order valence-electron chi connectivity index (χ2n) is 2.77. The van der Waals surface area contributed by atoms with Crippen LogP contribution in [0.2, 0.25) is 0 Å². The van der Waals surface area contributed by atoms with Gasteiger partial charge in [0.1, 0.15) is 0 Å². The molecule has 3 heteroatoms. The minimum Gasteiger partial charge on any atom is -0.376 e. The monoisotopic (exact) mass is 159 g/mol. The molecule has 0 aromatic rings. The molecule has 11 heavy (non-hydrogen) atoms. The van der Waals surface area contributed by atoms with Crippen LogP contribution in [0.5, 0.6) is 0 Å². The van der Waals surface area contributed by atoms with Gasteiger partial charge < -0.3 is 9.47 Å². The first kappa shape index (κ1) is 8.97. The predicted molar refractivity (Wildman–Crippen MR) is 40.0 cm³/mol. The van der Waals surface area contributed by atoms with Crippen LogP contribution in [-0.4, -0.2) is 32.5 Å². The lowest BCUT2D eigenvalue weighted by molar-refractivity contribution is -0.0915. The van der Waals surface area contributed by atoms with Crippen LogP contribution in [0.25, 0.3) is 0 Å². The Morgan fingerprint density at radius 3 is 2.82 bits per heavy atom. The van der Waals surface area contributed by atoms with Crippen molar-refractivity contribution < 1.29 is 14.6 Å². The molecule has 1 aliphatic heterocycles. The molecule has 0 aliphatic carbocycles. The van der Waals surface area contributed by atoms with Gasteiger partial charge in [0, 0.05) is 0 Å². The van der Waals surface area contributed by atoms with E-state index < -0.39 is 0 Å². The molecule has 1 saturated heterocycles. The predicted octanol–water partition coefficient (Wildman–Crippen LogP) is 1.00. The van der Waals surface area contributed by atoms with E-state index in [0.717, 1.165) is 25.9 Å². The van der Waals surface area contributed by atoms with Gasteiger partial charge in [-0.25, -0.2) is 5.11 Å². The van der Waals surface area contributed by atoms with Crippen LogP contribution in [-0.2, 0) is 14.6 Å². The average molecular weight is 159 g/mol. The summed E-state index contributed by atoms with van der Waals surface area (Å²) >= 11 is 0. The Morgan fingerprint density at radius 1 is 1.27 bits per heavy atom. The van der Waals surface area contributed by atoms with E-state index in [4.69, 9.17) is 9.47 Å². The molecule has 3 nitrogen and oxygen atoms in total. The van der Waals surface area contributed by atoms with Crippen molar-refractivity contribution in [1.82, 2.24) is 0 Å². The van der Waals surface area contributed by atoms with Crippen molar-refractivity contribution in [3.8, 4) is 0 Å². The van der Waals surface area contributed by atoms with Gasteiger partial charge >= 0.3 is 0 Å². The second-order valence-corrected chi connectivity index (χ2v) is 2.77. The third-order valence-corrected chi connectivity index (χ3v) is 1.81. The van der Waals surface area contributed by atoms with Gasteiger partial charge in [0.25, 0.3) is 0 Å². The summed E-state index contributed by atoms with van der Waals surface area (Å²) in [6, 6.07) is 0. The highest BCUT2D eigenvalue weighted by atomic mass is 16.6. The summed E-state index contributed by atoms with van der Waals surface area (Å²) in [6.45, 7) is 2.17. The molecule has 1 atom stereocenters. The molecule has 1 heterocycles. The van der Waals surface area contributed by atoms with Crippen molar-refractivity contribution >= 4 is 0 Å². The minimum absolute atomic E-state index is 0.0353. The third kappa shape index (κ3) is 3.70. The number of hydrogen-bond donors (Lipinski definition) is 0. The van der Waals surface area contributed by atoms with E-state index in [9.17, 15) is 5.11 Å². The molecular weight excluding hydrogens is 144 g/mol. The Balaban J connectivity index is 1.96. The fraction of sp³-hybridized carbons (Fsp3) is 1.00. The van der Waals surface area contributed by atoms with E-state index in [-0.39, 0.29) is 12.7 Å². The third-order valence-electron chi connectivity index (χ3n) is 1.81. The fourth-order valence-corrected chi connectivity index (χ4v) is 1.18. The van der Waals surface area contributed by atoms with Crippen molar-refractivity contribution in [1.29, 1.82) is 0 Å². The lowest BCUT2D eigenvalue weighted by Crippen LogP contribution is -2.28. The van der Waals surface area contributed by atoms with E-state index >= 15 is 0 Å². The van der Waals surface area contributed by atoms with Gasteiger partial charge in [0.05, 0.1) is 32.5 Å². The molecular formula is C8H15O3. The maximum Gasteiger partial charge on any atom is 0.0822 e. The minimum atomic E-state index is 0.0353. The summed E-state index contributed by atoms with van der Waals surface area (Å²) in [5, 5.41) is 10.1. The smallest absolute Gasteiger partial charge is 0.0822 e. The maximum atomic E-state index is 10.1. The first-order valence-corrected chi connectivity index (χ1v) is 4.21. The van der Waals surface area contributed by atoms with Crippen molar-refractivity contribution in [3.05, 3.63) is 0 Å². The Hall–Kier alpha value is -0.120. The summed E-state index contributed by atoms with van der Waals surface area (Å²) in [5.41, 5.74) is 0. The molecule has 65 valence electrons. The normalized spacial score (nSPS) is 25.4. The van der Waals surface area contributed by atoms with Crippen molar-refractivity contribution in [2.45, 2.75) is 25.4 Å². The molecule has 1 radical (unpaired) electrons. The highest BCUT2D eigenvalue weighted by Gasteiger charge is 2.12. The van der Waals surface area contributed by atoms with Gasteiger partial charge in [0.15, 0.2) is 0 Å². The van der Waals surface area contributed by atoms with Crippen LogP contribution < -0.4 is 0 Å². The van der Waals surface area contributed by atoms with Gasteiger partial charge in [-0.2, -0.15) is 0 Å². The van der Waals surface area contributed by atoms with E-state index in [1.54, 1.807) is 0 Å². The lowest BCUT2D eigenvalue weighted by atomic mass is 10.1. The Morgan fingerprint density at radius 2 is 2.18 bits per heavy atom. The Kier molecular flexibility index (Phi) is 4.50. The van der Waals surface area contributed by atoms with Gasteiger partial charge in [-0.05, 0) is 19.3 Å². The van der Waals surface area contributed by atoms with Gasteiger partial charge in [0.2, 0.25) is 0 Å². The molecule has 0 amide bonds. The number of ether oxygens (including phenoxy) is 2.